The molecule has 0 N–H and O–H groups in total. The summed E-state index contributed by atoms with van der Waals surface area (Å²) in [5.41, 5.74) is 6.43. The van der Waals surface area contributed by atoms with Crippen LogP contribution in [0, 0.1) is 11.7 Å². The lowest BCUT2D eigenvalue weighted by molar-refractivity contribution is -0.275. The van der Waals surface area contributed by atoms with Gasteiger partial charge in [-0.15, -0.1) is 13.2 Å². The summed E-state index contributed by atoms with van der Waals surface area (Å²) in [6.07, 6.45) is 8.09. The Morgan fingerprint density at radius 1 is 1.00 bits per heavy atom. The quantitative estimate of drug-likeness (QED) is 0.352. The standard InChI is InChI=1S/C26H28F4O/c1-2-3-4-5-17-6-11-22-20(14-17)7-8-21-15-18(9-12-23(21)22)19-10-13-25(24(27)16-19)31-26(28,29)30/h4-5,7-8,10,13,16-18H,2-3,6,9,11-12,14-15H2,1H3/b5-4+/t17-,18-/m0/s1. The van der Waals surface area contributed by atoms with Crippen LogP contribution in [0.25, 0.3) is 0 Å². The van der Waals surface area contributed by atoms with Gasteiger partial charge in [-0.2, -0.15) is 0 Å². The number of halogens is 4. The fourth-order valence-electron chi connectivity index (χ4n) is 5.08. The second-order valence-corrected chi connectivity index (χ2v) is 8.74. The Kier molecular flexibility index (Phi) is 6.40. The number of unbranched alkanes of at least 4 members (excludes halogenated alkanes) is 1. The Balaban J connectivity index is 1.48. The third-order valence-electron chi connectivity index (χ3n) is 6.60. The predicted octanol–water partition coefficient (Wildman–Crippen LogP) is 7.46. The zero-order chi connectivity index (χ0) is 22.0. The summed E-state index contributed by atoms with van der Waals surface area (Å²) in [5, 5.41) is 0. The van der Waals surface area contributed by atoms with Crippen molar-refractivity contribution in [2.75, 3.05) is 0 Å². The van der Waals surface area contributed by atoms with Crippen molar-refractivity contribution in [1.82, 2.24) is 0 Å². The minimum absolute atomic E-state index is 0.105. The van der Waals surface area contributed by atoms with E-state index >= 15 is 0 Å². The van der Waals surface area contributed by atoms with Crippen LogP contribution in [-0.2, 0) is 25.7 Å². The minimum Gasteiger partial charge on any atom is -0.403 e. The summed E-state index contributed by atoms with van der Waals surface area (Å²) in [5.74, 6) is -1.01. The lowest BCUT2D eigenvalue weighted by Crippen LogP contribution is -2.20. The Labute approximate surface area is 181 Å². The van der Waals surface area contributed by atoms with Crippen LogP contribution in [0.4, 0.5) is 17.6 Å². The van der Waals surface area contributed by atoms with Gasteiger partial charge in [0.15, 0.2) is 11.6 Å². The number of fused-ring (bicyclic) bond motifs is 3. The first-order valence-electron chi connectivity index (χ1n) is 11.2. The van der Waals surface area contributed by atoms with E-state index in [0.717, 1.165) is 50.2 Å². The zero-order valence-electron chi connectivity index (χ0n) is 17.8. The first-order valence-corrected chi connectivity index (χ1v) is 11.2. The van der Waals surface area contributed by atoms with Gasteiger partial charge in [0.25, 0.3) is 0 Å². The molecule has 0 saturated heterocycles. The maximum Gasteiger partial charge on any atom is 0.573 e. The Morgan fingerprint density at radius 2 is 1.71 bits per heavy atom. The van der Waals surface area contributed by atoms with Gasteiger partial charge < -0.3 is 4.74 Å². The minimum atomic E-state index is -4.89. The molecule has 31 heavy (non-hydrogen) atoms. The highest BCUT2D eigenvalue weighted by molar-refractivity contribution is 5.46. The van der Waals surface area contributed by atoms with Crippen molar-refractivity contribution in [2.24, 2.45) is 5.92 Å². The number of benzene rings is 2. The summed E-state index contributed by atoms with van der Waals surface area (Å²) >= 11 is 0. The molecular formula is C26H28F4O. The van der Waals surface area contributed by atoms with Crippen molar-refractivity contribution in [1.29, 1.82) is 0 Å². The van der Waals surface area contributed by atoms with Gasteiger partial charge >= 0.3 is 6.36 Å². The van der Waals surface area contributed by atoms with Gasteiger partial charge in [-0.05, 0) is 96.7 Å². The molecule has 2 atom stereocenters. The molecular weight excluding hydrogens is 404 g/mol. The summed E-state index contributed by atoms with van der Waals surface area (Å²) in [7, 11) is 0. The van der Waals surface area contributed by atoms with Crippen LogP contribution in [0.3, 0.4) is 0 Å². The molecule has 2 aliphatic carbocycles. The van der Waals surface area contributed by atoms with E-state index in [1.54, 1.807) is 6.07 Å². The second-order valence-electron chi connectivity index (χ2n) is 8.74. The highest BCUT2D eigenvalue weighted by atomic mass is 19.4. The van der Waals surface area contributed by atoms with E-state index in [2.05, 4.69) is 35.9 Å². The predicted molar refractivity (Wildman–Crippen MR) is 114 cm³/mol. The van der Waals surface area contributed by atoms with Crippen molar-refractivity contribution >= 4 is 0 Å². The fourth-order valence-corrected chi connectivity index (χ4v) is 5.08. The highest BCUT2D eigenvalue weighted by Crippen LogP contribution is 2.39. The first-order chi connectivity index (χ1) is 14.8. The Hall–Kier alpha value is -2.30. The second kappa shape index (κ2) is 9.05. The lowest BCUT2D eigenvalue weighted by Gasteiger charge is -2.31. The van der Waals surface area contributed by atoms with Crippen LogP contribution in [-0.4, -0.2) is 6.36 Å². The normalized spacial score (nSPS) is 21.1. The monoisotopic (exact) mass is 432 g/mol. The van der Waals surface area contributed by atoms with Crippen molar-refractivity contribution in [3.63, 3.8) is 0 Å². The molecule has 0 spiro atoms. The molecule has 4 rings (SSSR count). The molecule has 0 fully saturated rings. The van der Waals surface area contributed by atoms with Crippen LogP contribution in [0.1, 0.15) is 66.3 Å². The molecule has 2 aliphatic rings. The average Bonchev–Trinajstić information content (AvgIpc) is 2.74. The molecule has 5 heteroatoms. The maximum absolute atomic E-state index is 14.2. The summed E-state index contributed by atoms with van der Waals surface area (Å²) < 4.78 is 55.1. The van der Waals surface area contributed by atoms with E-state index < -0.39 is 17.9 Å². The number of rotatable bonds is 5. The molecule has 0 aromatic heterocycles. The third-order valence-corrected chi connectivity index (χ3v) is 6.60. The number of alkyl halides is 3. The van der Waals surface area contributed by atoms with Gasteiger partial charge in [0, 0.05) is 0 Å². The molecule has 0 bridgehead atoms. The van der Waals surface area contributed by atoms with Crippen LogP contribution in [0.2, 0.25) is 0 Å². The Bertz CT molecular complexity index is 961. The molecule has 2 aromatic rings. The lowest BCUT2D eigenvalue weighted by atomic mass is 9.74. The van der Waals surface area contributed by atoms with Crippen molar-refractivity contribution in [3.8, 4) is 5.75 Å². The third kappa shape index (κ3) is 5.13. The van der Waals surface area contributed by atoms with Gasteiger partial charge in [0.05, 0.1) is 0 Å². The van der Waals surface area contributed by atoms with Gasteiger partial charge in [-0.25, -0.2) is 4.39 Å². The van der Waals surface area contributed by atoms with E-state index in [4.69, 9.17) is 0 Å². The van der Waals surface area contributed by atoms with E-state index in [0.29, 0.717) is 5.92 Å². The molecule has 2 aromatic carbocycles. The average molecular weight is 433 g/mol. The first kappa shape index (κ1) is 21.9. The summed E-state index contributed by atoms with van der Waals surface area (Å²) in [4.78, 5) is 0. The van der Waals surface area contributed by atoms with Crippen molar-refractivity contribution in [3.05, 3.63) is 76.1 Å². The highest BCUT2D eigenvalue weighted by Gasteiger charge is 2.33. The molecule has 0 aliphatic heterocycles. The van der Waals surface area contributed by atoms with E-state index in [1.807, 2.05) is 0 Å². The van der Waals surface area contributed by atoms with Crippen LogP contribution in [0.15, 0.2) is 42.5 Å². The Morgan fingerprint density at radius 3 is 2.39 bits per heavy atom. The van der Waals surface area contributed by atoms with Gasteiger partial charge in [0.1, 0.15) is 0 Å². The van der Waals surface area contributed by atoms with Crippen molar-refractivity contribution in [2.45, 2.75) is 70.6 Å². The van der Waals surface area contributed by atoms with Crippen LogP contribution < -0.4 is 4.74 Å². The molecule has 0 heterocycles. The number of hydrogen-bond donors (Lipinski definition) is 0. The molecule has 0 amide bonds. The molecule has 0 radical (unpaired) electrons. The van der Waals surface area contributed by atoms with Gasteiger partial charge in [0.2, 0.25) is 0 Å². The molecule has 0 unspecified atom stereocenters. The molecule has 0 saturated carbocycles. The summed E-state index contributed by atoms with van der Waals surface area (Å²) in [6.45, 7) is 2.19. The zero-order valence-corrected chi connectivity index (χ0v) is 17.8. The van der Waals surface area contributed by atoms with Crippen LogP contribution >= 0.6 is 0 Å². The smallest absolute Gasteiger partial charge is 0.403 e. The van der Waals surface area contributed by atoms with E-state index in [1.165, 1.54) is 41.2 Å². The van der Waals surface area contributed by atoms with Crippen LogP contribution in [0.5, 0.6) is 5.75 Å². The van der Waals surface area contributed by atoms with E-state index in [-0.39, 0.29) is 5.92 Å². The summed E-state index contributed by atoms with van der Waals surface area (Å²) in [6, 6.07) is 8.30. The van der Waals surface area contributed by atoms with E-state index in [9.17, 15) is 17.6 Å². The largest absolute Gasteiger partial charge is 0.573 e. The number of hydrogen-bond acceptors (Lipinski definition) is 1. The molecule has 166 valence electrons. The fraction of sp³-hybridized carbons (Fsp3) is 0.462. The number of allylic oxidation sites excluding steroid dienone is 2. The van der Waals surface area contributed by atoms with Gasteiger partial charge in [-0.3, -0.25) is 0 Å². The maximum atomic E-state index is 14.2. The molecule has 1 nitrogen and oxygen atoms in total. The topological polar surface area (TPSA) is 9.23 Å². The van der Waals surface area contributed by atoms with Crippen molar-refractivity contribution < 1.29 is 22.3 Å². The SMILES string of the molecule is CCC/C=C/[C@H]1CCc2c(ccc3c2CC[C@H](c2ccc(OC(F)(F)F)c(F)c2)C3)C1. The van der Waals surface area contributed by atoms with Gasteiger partial charge in [-0.1, -0.05) is 43.7 Å². The number of ether oxygens (including phenoxy) is 1.